The van der Waals surface area contributed by atoms with Gasteiger partial charge in [-0.25, -0.2) is 14.8 Å². The second kappa shape index (κ2) is 13.0. The molecule has 3 aromatic carbocycles. The first kappa shape index (κ1) is 29.7. The second-order valence-electron chi connectivity index (χ2n) is 9.25. The number of rotatable bonds is 8. The van der Waals surface area contributed by atoms with Crippen molar-refractivity contribution in [2.75, 3.05) is 54.3 Å². The lowest BCUT2D eigenvalue weighted by atomic mass is 10.1. The van der Waals surface area contributed by atoms with Gasteiger partial charge in [-0.3, -0.25) is 0 Å². The molecule has 4 aromatic rings. The molecule has 1 aromatic heterocycles. The largest absolute Gasteiger partial charge is 0.495 e. The molecule has 3 N–H and O–H groups in total. The molecule has 0 radical (unpaired) electrons. The summed E-state index contributed by atoms with van der Waals surface area (Å²) in [4.78, 5) is 22.5. The molecule has 2 heterocycles. The molecule has 0 spiro atoms. The number of ether oxygens (including phenoxy) is 3. The molecule has 224 valence electrons. The Kier molecular flexibility index (Phi) is 9.02. The number of halogens is 4. The van der Waals surface area contributed by atoms with E-state index >= 15 is 0 Å². The van der Waals surface area contributed by atoms with Crippen molar-refractivity contribution in [2.45, 2.75) is 6.18 Å². The Hall–Kier alpha value is -4.75. The number of hydrogen-bond donors (Lipinski definition) is 3. The van der Waals surface area contributed by atoms with Gasteiger partial charge in [-0.2, -0.15) is 13.2 Å². The van der Waals surface area contributed by atoms with E-state index in [0.29, 0.717) is 60.0 Å². The Morgan fingerprint density at radius 1 is 0.953 bits per heavy atom. The lowest BCUT2D eigenvalue weighted by molar-refractivity contribution is -0.137. The molecule has 5 rings (SSSR count). The van der Waals surface area contributed by atoms with Crippen LogP contribution in [0.15, 0.2) is 73.1 Å². The highest BCUT2D eigenvalue weighted by molar-refractivity contribution is 6.31. The van der Waals surface area contributed by atoms with Gasteiger partial charge in [0.1, 0.15) is 23.6 Å². The minimum absolute atomic E-state index is 0.00496. The van der Waals surface area contributed by atoms with Crippen molar-refractivity contribution >= 4 is 46.2 Å². The van der Waals surface area contributed by atoms with Crippen LogP contribution in [-0.2, 0) is 10.9 Å². The van der Waals surface area contributed by atoms with Crippen LogP contribution in [0.3, 0.4) is 0 Å². The third-order valence-electron chi connectivity index (χ3n) is 6.31. The normalized spacial score (nSPS) is 13.3. The molecule has 0 atom stereocenters. The van der Waals surface area contributed by atoms with E-state index in [9.17, 15) is 18.0 Å². The minimum Gasteiger partial charge on any atom is -0.495 e. The average molecular weight is 615 g/mol. The zero-order chi connectivity index (χ0) is 30.4. The van der Waals surface area contributed by atoms with Crippen LogP contribution >= 0.6 is 11.6 Å². The van der Waals surface area contributed by atoms with Gasteiger partial charge in [0.2, 0.25) is 5.88 Å². The summed E-state index contributed by atoms with van der Waals surface area (Å²) >= 11 is 6.09. The van der Waals surface area contributed by atoms with Gasteiger partial charge in [0, 0.05) is 41.2 Å². The zero-order valence-corrected chi connectivity index (χ0v) is 23.5. The summed E-state index contributed by atoms with van der Waals surface area (Å²) in [5.41, 5.74) is 0.224. The van der Waals surface area contributed by atoms with Crippen molar-refractivity contribution in [3.05, 3.63) is 83.6 Å². The van der Waals surface area contributed by atoms with Gasteiger partial charge in [0.15, 0.2) is 0 Å². The molecule has 43 heavy (non-hydrogen) atoms. The minimum atomic E-state index is -4.60. The Balaban J connectivity index is 1.20. The molecule has 0 unspecified atom stereocenters. The van der Waals surface area contributed by atoms with Crippen molar-refractivity contribution in [3.8, 4) is 17.4 Å². The van der Waals surface area contributed by atoms with E-state index in [1.807, 2.05) is 0 Å². The van der Waals surface area contributed by atoms with Crippen LogP contribution in [0, 0.1) is 0 Å². The predicted molar refractivity (Wildman–Crippen MR) is 157 cm³/mol. The molecular weight excluding hydrogens is 589 g/mol. The van der Waals surface area contributed by atoms with E-state index in [-0.39, 0.29) is 17.3 Å². The summed E-state index contributed by atoms with van der Waals surface area (Å²) in [6.45, 7) is 1.40. The van der Waals surface area contributed by atoms with E-state index in [1.54, 1.807) is 60.5 Å². The number of aromatic nitrogens is 2. The predicted octanol–water partition coefficient (Wildman–Crippen LogP) is 7.17. The Morgan fingerprint density at radius 3 is 2.40 bits per heavy atom. The number of benzene rings is 3. The van der Waals surface area contributed by atoms with Crippen LogP contribution in [0.1, 0.15) is 5.56 Å². The number of amides is 2. The van der Waals surface area contributed by atoms with Gasteiger partial charge < -0.3 is 35.1 Å². The van der Waals surface area contributed by atoms with Crippen LogP contribution in [-0.4, -0.2) is 49.4 Å². The number of anilines is 5. The van der Waals surface area contributed by atoms with Crippen molar-refractivity contribution < 1.29 is 32.2 Å². The number of nitrogens with one attached hydrogen (secondary N) is 3. The zero-order valence-electron chi connectivity index (χ0n) is 22.7. The van der Waals surface area contributed by atoms with E-state index in [0.717, 1.165) is 6.07 Å². The number of nitrogens with zero attached hydrogens (tertiary/aromatic N) is 3. The van der Waals surface area contributed by atoms with Crippen LogP contribution < -0.4 is 30.3 Å². The molecule has 1 saturated heterocycles. The molecule has 1 fully saturated rings. The van der Waals surface area contributed by atoms with E-state index in [2.05, 4.69) is 25.9 Å². The quantitative estimate of drug-likeness (QED) is 0.192. The van der Waals surface area contributed by atoms with Gasteiger partial charge in [0.05, 0.1) is 31.6 Å². The van der Waals surface area contributed by atoms with Crippen LogP contribution in [0.2, 0.25) is 5.02 Å². The highest BCUT2D eigenvalue weighted by atomic mass is 35.5. The van der Waals surface area contributed by atoms with Crippen LogP contribution in [0.5, 0.6) is 17.4 Å². The molecule has 0 saturated carbocycles. The third-order valence-corrected chi connectivity index (χ3v) is 6.55. The maximum atomic E-state index is 13.8. The van der Waals surface area contributed by atoms with E-state index < -0.39 is 17.8 Å². The van der Waals surface area contributed by atoms with Gasteiger partial charge in [-0.15, -0.1) is 0 Å². The van der Waals surface area contributed by atoms with Gasteiger partial charge in [0.25, 0.3) is 0 Å². The molecule has 14 heteroatoms. The number of carbonyl (C=O) groups excluding carboxylic acids is 1. The maximum absolute atomic E-state index is 13.8. The van der Waals surface area contributed by atoms with E-state index in [4.69, 9.17) is 25.8 Å². The fourth-order valence-corrected chi connectivity index (χ4v) is 4.49. The second-order valence-corrected chi connectivity index (χ2v) is 9.68. The molecule has 10 nitrogen and oxygen atoms in total. The number of urea groups is 1. The maximum Gasteiger partial charge on any atom is 0.418 e. The standard InChI is InChI=1S/C29H26ClF3N6O4/c1-41-25-9-2-18(30)14-23(25)38-26-16-27(35-17-34-26)43-21-6-3-19(4-7-21)36-28(40)37-20-5-8-24(22(15-20)29(31,32)33)39-10-12-42-13-11-39/h2-9,14-17H,10-13H2,1H3,(H,34,35,38)(H2,36,37,40). The number of alkyl halides is 3. The van der Waals surface area contributed by atoms with Gasteiger partial charge in [-0.1, -0.05) is 11.6 Å². The van der Waals surface area contributed by atoms with Crippen LogP contribution in [0.4, 0.5) is 46.5 Å². The Labute approximate surface area is 249 Å². The lowest BCUT2D eigenvalue weighted by Gasteiger charge is -2.31. The summed E-state index contributed by atoms with van der Waals surface area (Å²) in [6.07, 6.45) is -3.27. The Bertz CT molecular complexity index is 1580. The first-order valence-corrected chi connectivity index (χ1v) is 13.4. The molecular formula is C29H26ClF3N6O4. The van der Waals surface area contributed by atoms with Crippen molar-refractivity contribution in [1.82, 2.24) is 9.97 Å². The monoisotopic (exact) mass is 614 g/mol. The molecule has 1 aliphatic heterocycles. The van der Waals surface area contributed by atoms with Gasteiger partial charge in [-0.05, 0) is 60.7 Å². The smallest absolute Gasteiger partial charge is 0.418 e. The number of morpholine rings is 1. The fraction of sp³-hybridized carbons (Fsp3) is 0.207. The lowest BCUT2D eigenvalue weighted by Crippen LogP contribution is -2.37. The first-order valence-electron chi connectivity index (χ1n) is 13.0. The van der Waals surface area contributed by atoms with E-state index in [1.165, 1.54) is 18.5 Å². The summed E-state index contributed by atoms with van der Waals surface area (Å²) in [5, 5.41) is 8.68. The SMILES string of the molecule is COc1ccc(Cl)cc1Nc1cc(Oc2ccc(NC(=O)Nc3ccc(N4CCOCC4)c(C(F)(F)F)c3)cc2)ncn1. The fourth-order valence-electron chi connectivity index (χ4n) is 4.32. The van der Waals surface area contributed by atoms with Gasteiger partial charge >= 0.3 is 12.2 Å². The molecule has 0 aliphatic carbocycles. The number of hydrogen-bond acceptors (Lipinski definition) is 8. The molecule has 0 bridgehead atoms. The summed E-state index contributed by atoms with van der Waals surface area (Å²) in [5.74, 6) is 1.68. The summed E-state index contributed by atoms with van der Waals surface area (Å²) in [6, 6.07) is 16.1. The third kappa shape index (κ3) is 7.76. The number of carbonyl (C=O) groups is 1. The topological polar surface area (TPSA) is 110 Å². The molecule has 1 aliphatic rings. The first-order chi connectivity index (χ1) is 20.7. The number of methoxy groups -OCH3 is 1. The Morgan fingerprint density at radius 2 is 1.67 bits per heavy atom. The molecule has 2 amide bonds. The van der Waals surface area contributed by atoms with Crippen LogP contribution in [0.25, 0.3) is 0 Å². The van der Waals surface area contributed by atoms with Crippen molar-refractivity contribution in [1.29, 1.82) is 0 Å². The highest BCUT2D eigenvalue weighted by Crippen LogP contribution is 2.39. The summed E-state index contributed by atoms with van der Waals surface area (Å²) < 4.78 is 57.8. The average Bonchev–Trinajstić information content (AvgIpc) is 2.98. The van der Waals surface area contributed by atoms with Crippen molar-refractivity contribution in [2.24, 2.45) is 0 Å². The summed E-state index contributed by atoms with van der Waals surface area (Å²) in [7, 11) is 1.54. The van der Waals surface area contributed by atoms with Crippen molar-refractivity contribution in [3.63, 3.8) is 0 Å². The highest BCUT2D eigenvalue weighted by Gasteiger charge is 2.35.